The number of rotatable bonds is 1. The number of nitrogens with zero attached hydrogens (tertiary/aromatic N) is 2. The first-order valence-corrected chi connectivity index (χ1v) is 6.03. The first kappa shape index (κ1) is 9.99. The average molecular weight is 238 g/mol. The predicted molar refractivity (Wildman–Crippen MR) is 62.4 cm³/mol. The molecule has 1 atom stereocenters. The normalized spacial score (nSPS) is 20.9. The van der Waals surface area contributed by atoms with Gasteiger partial charge in [0.1, 0.15) is 5.82 Å². The second-order valence-electron chi connectivity index (χ2n) is 4.00. The minimum Gasteiger partial charge on any atom is -0.391 e. The molecule has 1 aliphatic heterocycles. The molecule has 84 valence electrons. The minimum absolute atomic E-state index is 0.232. The number of halogens is 1. The van der Waals surface area contributed by atoms with Crippen LogP contribution in [-0.4, -0.2) is 29.3 Å². The van der Waals surface area contributed by atoms with Gasteiger partial charge in [-0.2, -0.15) is 0 Å². The van der Waals surface area contributed by atoms with Crippen LogP contribution in [0, 0.1) is 5.82 Å². The topological polar surface area (TPSA) is 36.4 Å². The lowest BCUT2D eigenvalue weighted by atomic mass is 10.3. The molecule has 0 bridgehead atoms. The van der Waals surface area contributed by atoms with Crippen LogP contribution in [0.5, 0.6) is 0 Å². The van der Waals surface area contributed by atoms with E-state index in [1.165, 1.54) is 23.5 Å². The maximum absolute atomic E-state index is 13.0. The van der Waals surface area contributed by atoms with E-state index in [1.807, 2.05) is 4.90 Å². The molecule has 0 spiro atoms. The van der Waals surface area contributed by atoms with Gasteiger partial charge in [-0.3, -0.25) is 0 Å². The number of hydrogen-bond donors (Lipinski definition) is 1. The zero-order chi connectivity index (χ0) is 11.1. The van der Waals surface area contributed by atoms with Crippen LogP contribution >= 0.6 is 11.3 Å². The third kappa shape index (κ3) is 1.66. The van der Waals surface area contributed by atoms with Crippen molar-refractivity contribution in [1.29, 1.82) is 0 Å². The zero-order valence-electron chi connectivity index (χ0n) is 8.56. The number of anilines is 1. The second kappa shape index (κ2) is 3.68. The van der Waals surface area contributed by atoms with E-state index >= 15 is 0 Å². The number of hydrogen-bond acceptors (Lipinski definition) is 4. The van der Waals surface area contributed by atoms with E-state index in [4.69, 9.17) is 0 Å². The van der Waals surface area contributed by atoms with E-state index in [1.54, 1.807) is 6.07 Å². The Morgan fingerprint density at radius 3 is 3.12 bits per heavy atom. The number of thiazole rings is 1. The van der Waals surface area contributed by atoms with E-state index in [0.29, 0.717) is 6.54 Å². The summed E-state index contributed by atoms with van der Waals surface area (Å²) in [6.45, 7) is 1.45. The number of aliphatic hydroxyl groups is 1. The smallest absolute Gasteiger partial charge is 0.186 e. The van der Waals surface area contributed by atoms with Crippen molar-refractivity contribution in [3.05, 3.63) is 24.0 Å². The highest BCUT2D eigenvalue weighted by molar-refractivity contribution is 7.22. The van der Waals surface area contributed by atoms with Crippen molar-refractivity contribution >= 4 is 26.7 Å². The Bertz CT molecular complexity index is 528. The van der Waals surface area contributed by atoms with Crippen molar-refractivity contribution in [3.63, 3.8) is 0 Å². The average Bonchev–Trinajstić information content (AvgIpc) is 2.83. The quantitative estimate of drug-likeness (QED) is 0.825. The Labute approximate surface area is 96.1 Å². The third-order valence-corrected chi connectivity index (χ3v) is 3.85. The van der Waals surface area contributed by atoms with Gasteiger partial charge in [-0.05, 0) is 24.6 Å². The Morgan fingerprint density at radius 2 is 2.38 bits per heavy atom. The van der Waals surface area contributed by atoms with Gasteiger partial charge < -0.3 is 10.0 Å². The monoisotopic (exact) mass is 238 g/mol. The van der Waals surface area contributed by atoms with Crippen LogP contribution in [0.25, 0.3) is 10.2 Å². The molecule has 3 rings (SSSR count). The summed E-state index contributed by atoms with van der Waals surface area (Å²) in [4.78, 5) is 6.49. The molecule has 1 aromatic carbocycles. The molecule has 1 fully saturated rings. The summed E-state index contributed by atoms with van der Waals surface area (Å²) in [5.41, 5.74) is 0.822. The number of fused-ring (bicyclic) bond motifs is 1. The molecule has 3 nitrogen and oxygen atoms in total. The van der Waals surface area contributed by atoms with Crippen molar-refractivity contribution in [2.24, 2.45) is 0 Å². The Hall–Kier alpha value is -1.20. The largest absolute Gasteiger partial charge is 0.391 e. The van der Waals surface area contributed by atoms with Crippen molar-refractivity contribution in [2.45, 2.75) is 12.5 Å². The van der Waals surface area contributed by atoms with Crippen LogP contribution in [0.3, 0.4) is 0 Å². The van der Waals surface area contributed by atoms with Gasteiger partial charge in [-0.1, -0.05) is 11.3 Å². The maximum atomic E-state index is 13.0. The predicted octanol–water partition coefficient (Wildman–Crippen LogP) is 2.01. The van der Waals surface area contributed by atoms with Crippen LogP contribution in [0.4, 0.5) is 9.52 Å². The van der Waals surface area contributed by atoms with Crippen molar-refractivity contribution in [3.8, 4) is 0 Å². The summed E-state index contributed by atoms with van der Waals surface area (Å²) >= 11 is 1.47. The van der Waals surface area contributed by atoms with Crippen LogP contribution < -0.4 is 4.90 Å². The fourth-order valence-corrected chi connectivity index (χ4v) is 2.96. The summed E-state index contributed by atoms with van der Waals surface area (Å²) in [7, 11) is 0. The molecule has 16 heavy (non-hydrogen) atoms. The number of aliphatic hydroxyl groups excluding tert-OH is 1. The highest BCUT2D eigenvalue weighted by Gasteiger charge is 2.22. The van der Waals surface area contributed by atoms with Gasteiger partial charge in [-0.15, -0.1) is 0 Å². The third-order valence-electron chi connectivity index (χ3n) is 2.77. The van der Waals surface area contributed by atoms with Gasteiger partial charge >= 0.3 is 0 Å². The van der Waals surface area contributed by atoms with Crippen LogP contribution in [0.1, 0.15) is 6.42 Å². The standard InChI is InChI=1S/C11H11FN2OS/c12-7-1-2-9-10(5-7)16-11(13-9)14-4-3-8(15)6-14/h1-2,5,8,15H,3-4,6H2. The van der Waals surface area contributed by atoms with Crippen molar-refractivity contribution in [2.75, 3.05) is 18.0 Å². The molecule has 1 N–H and O–H groups in total. The maximum Gasteiger partial charge on any atom is 0.186 e. The molecule has 0 amide bonds. The molecule has 1 aromatic heterocycles. The van der Waals surface area contributed by atoms with Crippen LogP contribution in [0.2, 0.25) is 0 Å². The van der Waals surface area contributed by atoms with E-state index in [9.17, 15) is 9.50 Å². The van der Waals surface area contributed by atoms with Crippen LogP contribution in [0.15, 0.2) is 18.2 Å². The van der Waals surface area contributed by atoms with Gasteiger partial charge in [0, 0.05) is 13.1 Å². The Morgan fingerprint density at radius 1 is 1.50 bits per heavy atom. The summed E-state index contributed by atoms with van der Waals surface area (Å²) in [6, 6.07) is 4.62. The first-order valence-electron chi connectivity index (χ1n) is 5.21. The molecular formula is C11H11FN2OS. The molecule has 1 saturated heterocycles. The second-order valence-corrected chi connectivity index (χ2v) is 5.01. The van der Waals surface area contributed by atoms with Crippen molar-refractivity contribution in [1.82, 2.24) is 4.98 Å². The van der Waals surface area contributed by atoms with Crippen molar-refractivity contribution < 1.29 is 9.50 Å². The Balaban J connectivity index is 1.99. The van der Waals surface area contributed by atoms with Gasteiger partial charge in [-0.25, -0.2) is 9.37 Å². The van der Waals surface area contributed by atoms with E-state index in [-0.39, 0.29) is 11.9 Å². The molecule has 2 heterocycles. The molecule has 0 saturated carbocycles. The SMILES string of the molecule is OC1CCN(c2nc3ccc(F)cc3s2)C1. The summed E-state index contributed by atoms with van der Waals surface area (Å²) < 4.78 is 13.9. The fraction of sp³-hybridized carbons (Fsp3) is 0.364. The number of benzene rings is 1. The van der Waals surface area contributed by atoms with E-state index < -0.39 is 0 Å². The summed E-state index contributed by atoms with van der Waals surface area (Å²) in [5, 5.41) is 10.3. The van der Waals surface area contributed by atoms with Gasteiger partial charge in [0.25, 0.3) is 0 Å². The highest BCUT2D eigenvalue weighted by Crippen LogP contribution is 2.31. The molecule has 5 heteroatoms. The van der Waals surface area contributed by atoms with E-state index in [2.05, 4.69) is 4.98 Å². The molecule has 1 unspecified atom stereocenters. The summed E-state index contributed by atoms with van der Waals surface area (Å²) in [5.74, 6) is -0.232. The fourth-order valence-electron chi connectivity index (χ4n) is 1.94. The molecule has 1 aliphatic rings. The minimum atomic E-state index is -0.260. The highest BCUT2D eigenvalue weighted by atomic mass is 32.1. The van der Waals surface area contributed by atoms with Gasteiger partial charge in [0.15, 0.2) is 5.13 Å². The lowest BCUT2D eigenvalue weighted by Crippen LogP contribution is -2.20. The Kier molecular flexibility index (Phi) is 2.29. The molecule has 0 radical (unpaired) electrons. The first-order chi connectivity index (χ1) is 7.72. The zero-order valence-corrected chi connectivity index (χ0v) is 9.38. The number of aromatic nitrogens is 1. The lowest BCUT2D eigenvalue weighted by Gasteiger charge is -2.12. The molecule has 0 aliphatic carbocycles. The van der Waals surface area contributed by atoms with E-state index in [0.717, 1.165) is 28.3 Å². The summed E-state index contributed by atoms with van der Waals surface area (Å²) in [6.07, 6.45) is 0.522. The van der Waals surface area contributed by atoms with Crippen LogP contribution in [-0.2, 0) is 0 Å². The number of β-amino-alcohol motifs (C(OH)–C–C–N with tert-alkyl or cyclic N) is 1. The lowest BCUT2D eigenvalue weighted by molar-refractivity contribution is 0.198. The van der Waals surface area contributed by atoms with Gasteiger partial charge in [0.05, 0.1) is 16.3 Å². The molecule has 2 aromatic rings. The molecular weight excluding hydrogens is 227 g/mol. The van der Waals surface area contributed by atoms with Gasteiger partial charge in [0.2, 0.25) is 0 Å².